The molecule has 0 aliphatic rings. The van der Waals surface area contributed by atoms with E-state index in [1.807, 2.05) is 11.8 Å². The third-order valence-electron chi connectivity index (χ3n) is 2.90. The van der Waals surface area contributed by atoms with E-state index in [-0.39, 0.29) is 5.91 Å². The predicted octanol–water partition coefficient (Wildman–Crippen LogP) is 1.49. The summed E-state index contributed by atoms with van der Waals surface area (Å²) in [5.41, 5.74) is 5.72. The first-order valence-corrected chi connectivity index (χ1v) is 6.51. The molecular formula is C13H28N2O2. The Labute approximate surface area is 105 Å². The molecular weight excluding hydrogens is 216 g/mol. The van der Waals surface area contributed by atoms with Crippen molar-refractivity contribution in [1.82, 2.24) is 4.90 Å². The highest BCUT2D eigenvalue weighted by Gasteiger charge is 2.18. The summed E-state index contributed by atoms with van der Waals surface area (Å²) in [7, 11) is 1.65. The Bertz CT molecular complexity index is 208. The van der Waals surface area contributed by atoms with Gasteiger partial charge in [0.1, 0.15) is 0 Å². The summed E-state index contributed by atoms with van der Waals surface area (Å²) in [5, 5.41) is 0. The predicted molar refractivity (Wildman–Crippen MR) is 70.7 cm³/mol. The highest BCUT2D eigenvalue weighted by Crippen LogP contribution is 2.15. The smallest absolute Gasteiger partial charge is 0.222 e. The van der Waals surface area contributed by atoms with Crippen molar-refractivity contribution in [2.24, 2.45) is 17.6 Å². The first-order chi connectivity index (χ1) is 8.04. The van der Waals surface area contributed by atoms with E-state index in [4.69, 9.17) is 10.5 Å². The Morgan fingerprint density at radius 1 is 1.41 bits per heavy atom. The van der Waals surface area contributed by atoms with E-state index >= 15 is 0 Å². The number of hydrogen-bond acceptors (Lipinski definition) is 3. The van der Waals surface area contributed by atoms with Crippen molar-refractivity contribution in [2.75, 3.05) is 33.4 Å². The Balaban J connectivity index is 4.16. The number of rotatable bonds is 9. The third kappa shape index (κ3) is 7.34. The lowest BCUT2D eigenvalue weighted by Crippen LogP contribution is -2.36. The minimum absolute atomic E-state index is 0.195. The summed E-state index contributed by atoms with van der Waals surface area (Å²) >= 11 is 0. The number of likely N-dealkylation sites (N-methyl/N-ethyl adjacent to an activating group) is 1. The average molecular weight is 244 g/mol. The van der Waals surface area contributed by atoms with Gasteiger partial charge in [-0.1, -0.05) is 13.8 Å². The van der Waals surface area contributed by atoms with E-state index in [1.165, 1.54) is 0 Å². The number of amides is 1. The second-order valence-corrected chi connectivity index (χ2v) is 4.90. The molecule has 1 amide bonds. The second-order valence-electron chi connectivity index (χ2n) is 4.90. The van der Waals surface area contributed by atoms with Gasteiger partial charge in [-0.25, -0.2) is 0 Å². The largest absolute Gasteiger partial charge is 0.383 e. The SMILES string of the molecule is CCN(CCOC)C(=O)CC(CN)CC(C)C. The topological polar surface area (TPSA) is 55.6 Å². The first kappa shape index (κ1) is 16.4. The fraction of sp³-hybridized carbons (Fsp3) is 0.923. The van der Waals surface area contributed by atoms with Crippen molar-refractivity contribution in [1.29, 1.82) is 0 Å². The molecule has 0 aliphatic carbocycles. The van der Waals surface area contributed by atoms with E-state index in [1.54, 1.807) is 7.11 Å². The van der Waals surface area contributed by atoms with Crippen LogP contribution in [-0.4, -0.2) is 44.2 Å². The number of hydrogen-bond donors (Lipinski definition) is 1. The molecule has 0 rings (SSSR count). The summed E-state index contributed by atoms with van der Waals surface area (Å²) in [4.78, 5) is 13.9. The molecule has 1 unspecified atom stereocenters. The van der Waals surface area contributed by atoms with Gasteiger partial charge < -0.3 is 15.4 Å². The molecule has 0 aromatic heterocycles. The lowest BCUT2D eigenvalue weighted by Gasteiger charge is -2.24. The van der Waals surface area contributed by atoms with Crippen molar-refractivity contribution in [3.8, 4) is 0 Å². The lowest BCUT2D eigenvalue weighted by atomic mass is 9.94. The molecule has 102 valence electrons. The molecule has 17 heavy (non-hydrogen) atoms. The maximum Gasteiger partial charge on any atom is 0.222 e. The quantitative estimate of drug-likeness (QED) is 0.668. The van der Waals surface area contributed by atoms with E-state index in [9.17, 15) is 4.79 Å². The van der Waals surface area contributed by atoms with Crippen LogP contribution in [0.3, 0.4) is 0 Å². The van der Waals surface area contributed by atoms with Gasteiger partial charge in [-0.2, -0.15) is 0 Å². The Kier molecular flexibility index (Phi) is 9.09. The van der Waals surface area contributed by atoms with Crippen LogP contribution in [0, 0.1) is 11.8 Å². The van der Waals surface area contributed by atoms with Gasteiger partial charge in [0.25, 0.3) is 0 Å². The number of nitrogens with two attached hydrogens (primary N) is 1. The summed E-state index contributed by atoms with van der Waals surface area (Å²) in [6.07, 6.45) is 1.58. The standard InChI is InChI=1S/C13H28N2O2/c1-5-15(6-7-17-4)13(16)9-12(10-14)8-11(2)3/h11-12H,5-10,14H2,1-4H3. The molecule has 0 aliphatic heterocycles. The van der Waals surface area contributed by atoms with E-state index in [0.717, 1.165) is 13.0 Å². The number of methoxy groups -OCH3 is 1. The van der Waals surface area contributed by atoms with Gasteiger partial charge >= 0.3 is 0 Å². The van der Waals surface area contributed by atoms with Gasteiger partial charge in [0.05, 0.1) is 6.61 Å². The van der Waals surface area contributed by atoms with Crippen LogP contribution in [0.4, 0.5) is 0 Å². The zero-order chi connectivity index (χ0) is 13.3. The molecule has 0 radical (unpaired) electrons. The normalized spacial score (nSPS) is 12.8. The molecule has 1 atom stereocenters. The molecule has 0 heterocycles. The van der Waals surface area contributed by atoms with Crippen LogP contribution in [0.2, 0.25) is 0 Å². The maximum absolute atomic E-state index is 12.0. The molecule has 0 aromatic rings. The lowest BCUT2D eigenvalue weighted by molar-refractivity contribution is -0.132. The molecule has 0 fully saturated rings. The number of nitrogens with zero attached hydrogens (tertiary/aromatic N) is 1. The fourth-order valence-corrected chi connectivity index (χ4v) is 1.97. The molecule has 0 bridgehead atoms. The van der Waals surface area contributed by atoms with Crippen LogP contribution in [-0.2, 0) is 9.53 Å². The van der Waals surface area contributed by atoms with Crippen molar-refractivity contribution in [2.45, 2.75) is 33.6 Å². The fourth-order valence-electron chi connectivity index (χ4n) is 1.97. The van der Waals surface area contributed by atoms with Crippen molar-refractivity contribution in [3.63, 3.8) is 0 Å². The van der Waals surface area contributed by atoms with Crippen LogP contribution in [0.25, 0.3) is 0 Å². The van der Waals surface area contributed by atoms with Crippen LogP contribution in [0.1, 0.15) is 33.6 Å². The van der Waals surface area contributed by atoms with Crippen LogP contribution >= 0.6 is 0 Å². The van der Waals surface area contributed by atoms with E-state index < -0.39 is 0 Å². The van der Waals surface area contributed by atoms with E-state index in [0.29, 0.717) is 38.0 Å². The Morgan fingerprint density at radius 3 is 2.47 bits per heavy atom. The molecule has 2 N–H and O–H groups in total. The Hall–Kier alpha value is -0.610. The summed E-state index contributed by atoms with van der Waals surface area (Å²) < 4.78 is 5.00. The monoisotopic (exact) mass is 244 g/mol. The van der Waals surface area contributed by atoms with Gasteiger partial charge in [0.2, 0.25) is 5.91 Å². The zero-order valence-electron chi connectivity index (χ0n) is 11.7. The van der Waals surface area contributed by atoms with Crippen LogP contribution < -0.4 is 5.73 Å². The van der Waals surface area contributed by atoms with Gasteiger partial charge in [-0.15, -0.1) is 0 Å². The van der Waals surface area contributed by atoms with Crippen LogP contribution in [0.15, 0.2) is 0 Å². The highest BCUT2D eigenvalue weighted by molar-refractivity contribution is 5.76. The highest BCUT2D eigenvalue weighted by atomic mass is 16.5. The molecule has 0 saturated carbocycles. The summed E-state index contributed by atoms with van der Waals surface area (Å²) in [6.45, 7) is 8.91. The molecule has 0 spiro atoms. The van der Waals surface area contributed by atoms with Gasteiger partial charge in [0.15, 0.2) is 0 Å². The number of ether oxygens (including phenoxy) is 1. The Morgan fingerprint density at radius 2 is 2.06 bits per heavy atom. The van der Waals surface area contributed by atoms with Crippen LogP contribution in [0.5, 0.6) is 0 Å². The van der Waals surface area contributed by atoms with Crippen molar-refractivity contribution in [3.05, 3.63) is 0 Å². The second kappa shape index (κ2) is 9.42. The first-order valence-electron chi connectivity index (χ1n) is 6.51. The summed E-state index contributed by atoms with van der Waals surface area (Å²) in [6, 6.07) is 0. The molecule has 0 aromatic carbocycles. The zero-order valence-corrected chi connectivity index (χ0v) is 11.7. The van der Waals surface area contributed by atoms with Gasteiger partial charge in [0, 0.05) is 26.6 Å². The number of carbonyl (C=O) groups is 1. The van der Waals surface area contributed by atoms with Crippen molar-refractivity contribution < 1.29 is 9.53 Å². The van der Waals surface area contributed by atoms with E-state index in [2.05, 4.69) is 13.8 Å². The molecule has 4 nitrogen and oxygen atoms in total. The third-order valence-corrected chi connectivity index (χ3v) is 2.90. The van der Waals surface area contributed by atoms with Crippen molar-refractivity contribution >= 4 is 5.91 Å². The number of carbonyl (C=O) groups excluding carboxylic acids is 1. The molecule has 4 heteroatoms. The minimum atomic E-state index is 0.195. The summed E-state index contributed by atoms with van der Waals surface area (Å²) in [5.74, 6) is 1.09. The molecule has 0 saturated heterocycles. The maximum atomic E-state index is 12.0. The average Bonchev–Trinajstić information content (AvgIpc) is 2.28. The van der Waals surface area contributed by atoms with Gasteiger partial charge in [-0.3, -0.25) is 4.79 Å². The minimum Gasteiger partial charge on any atom is -0.383 e. The van der Waals surface area contributed by atoms with Gasteiger partial charge in [-0.05, 0) is 31.7 Å².